The Morgan fingerprint density at radius 2 is 1.41 bits per heavy atom. The lowest BCUT2D eigenvalue weighted by Gasteiger charge is -2.29. The Balaban J connectivity index is 1.76. The highest BCUT2D eigenvalue weighted by Gasteiger charge is 2.33. The van der Waals surface area contributed by atoms with Gasteiger partial charge in [-0.15, -0.1) is 0 Å². The minimum absolute atomic E-state index is 0.172. The summed E-state index contributed by atoms with van der Waals surface area (Å²) in [6.45, 7) is 4.16. The van der Waals surface area contributed by atoms with Crippen LogP contribution in [0.2, 0.25) is 5.02 Å². The van der Waals surface area contributed by atoms with Gasteiger partial charge in [0.2, 0.25) is 0 Å². The van der Waals surface area contributed by atoms with Gasteiger partial charge in [0, 0.05) is 18.0 Å². The van der Waals surface area contributed by atoms with E-state index in [9.17, 15) is 8.42 Å². The average Bonchev–Trinajstić information content (AvgIpc) is 3.11. The number of aryl methyl sites for hydroxylation is 2. The Bertz CT molecular complexity index is 1580. The van der Waals surface area contributed by atoms with Crippen molar-refractivity contribution in [1.82, 2.24) is 4.31 Å². The molecule has 5 heteroatoms. The Morgan fingerprint density at radius 1 is 0.784 bits per heavy atom. The SMILES string of the molecule is Cc1ccc(S(=O)(=O)N2C[C@H](c3ccccc3)C=C(c3ccccc3)C=C2c2ccc(C)cc2Cl)cc1. The summed E-state index contributed by atoms with van der Waals surface area (Å²) < 4.78 is 30.0. The molecule has 1 heterocycles. The fourth-order valence-electron chi connectivity index (χ4n) is 4.63. The third-order valence-corrected chi connectivity index (χ3v) is 8.76. The maximum atomic E-state index is 14.3. The van der Waals surface area contributed by atoms with Gasteiger partial charge in [0.25, 0.3) is 10.0 Å². The van der Waals surface area contributed by atoms with Crippen molar-refractivity contribution in [1.29, 1.82) is 0 Å². The molecule has 1 aliphatic rings. The number of hydrogen-bond acceptors (Lipinski definition) is 2. The number of benzene rings is 4. The second-order valence-electron chi connectivity index (χ2n) is 9.37. The number of halogens is 1. The molecule has 0 aliphatic carbocycles. The van der Waals surface area contributed by atoms with Gasteiger partial charge >= 0.3 is 0 Å². The van der Waals surface area contributed by atoms with Crippen LogP contribution < -0.4 is 0 Å². The molecule has 0 fully saturated rings. The molecule has 0 radical (unpaired) electrons. The Labute approximate surface area is 224 Å². The second-order valence-corrected chi connectivity index (χ2v) is 11.6. The summed E-state index contributed by atoms with van der Waals surface area (Å²) in [4.78, 5) is 0.252. The Kier molecular flexibility index (Phi) is 7.05. The highest BCUT2D eigenvalue weighted by Crippen LogP contribution is 2.39. The molecule has 4 aromatic carbocycles. The lowest BCUT2D eigenvalue weighted by Crippen LogP contribution is -2.32. The summed E-state index contributed by atoms with van der Waals surface area (Å²) in [5.74, 6) is -0.172. The topological polar surface area (TPSA) is 37.4 Å². The van der Waals surface area contributed by atoms with Crippen molar-refractivity contribution in [2.45, 2.75) is 24.7 Å². The minimum atomic E-state index is -3.90. The lowest BCUT2D eigenvalue weighted by molar-refractivity contribution is 0.499. The molecule has 0 saturated heterocycles. The normalized spacial score (nSPS) is 16.1. The van der Waals surface area contributed by atoms with Crippen LogP contribution in [-0.2, 0) is 10.0 Å². The molecule has 0 unspecified atom stereocenters. The van der Waals surface area contributed by atoms with E-state index in [1.54, 1.807) is 12.1 Å². The first-order chi connectivity index (χ1) is 17.8. The smallest absolute Gasteiger partial charge is 0.264 e. The van der Waals surface area contributed by atoms with E-state index in [0.717, 1.165) is 27.8 Å². The van der Waals surface area contributed by atoms with Crippen LogP contribution in [0.15, 0.2) is 120 Å². The van der Waals surface area contributed by atoms with Crippen LogP contribution in [0.3, 0.4) is 0 Å². The van der Waals surface area contributed by atoms with E-state index in [4.69, 9.17) is 11.6 Å². The number of nitrogens with zero attached hydrogens (tertiary/aromatic N) is 1. The molecular formula is C32H28ClNO2S. The zero-order valence-electron chi connectivity index (χ0n) is 20.8. The molecule has 0 bridgehead atoms. The van der Waals surface area contributed by atoms with Crippen LogP contribution in [0.4, 0.5) is 0 Å². The molecule has 1 atom stereocenters. The van der Waals surface area contributed by atoms with Crippen LogP contribution >= 0.6 is 11.6 Å². The van der Waals surface area contributed by atoms with E-state index in [1.807, 2.05) is 111 Å². The van der Waals surface area contributed by atoms with E-state index >= 15 is 0 Å². The highest BCUT2D eigenvalue weighted by molar-refractivity contribution is 7.89. The molecule has 0 amide bonds. The third kappa shape index (κ3) is 5.27. The van der Waals surface area contributed by atoms with Crippen molar-refractivity contribution in [2.24, 2.45) is 0 Å². The van der Waals surface area contributed by atoms with Gasteiger partial charge in [-0.05, 0) is 60.4 Å². The number of allylic oxidation sites excluding steroid dienone is 2. The molecule has 1 aliphatic heterocycles. The Hall–Kier alpha value is -3.60. The van der Waals surface area contributed by atoms with Gasteiger partial charge in [0.1, 0.15) is 0 Å². The van der Waals surface area contributed by atoms with Crippen molar-refractivity contribution >= 4 is 32.9 Å². The van der Waals surface area contributed by atoms with Gasteiger partial charge < -0.3 is 0 Å². The first-order valence-corrected chi connectivity index (χ1v) is 14.0. The summed E-state index contributed by atoms with van der Waals surface area (Å²) in [6.07, 6.45) is 4.12. The van der Waals surface area contributed by atoms with E-state index in [2.05, 4.69) is 6.08 Å². The summed E-state index contributed by atoms with van der Waals surface area (Å²) >= 11 is 6.76. The monoisotopic (exact) mass is 525 g/mol. The molecule has 0 N–H and O–H groups in total. The number of sulfonamides is 1. The quantitative estimate of drug-likeness (QED) is 0.266. The van der Waals surface area contributed by atoms with Crippen LogP contribution in [0.25, 0.3) is 11.3 Å². The molecule has 0 saturated carbocycles. The van der Waals surface area contributed by atoms with Crippen molar-refractivity contribution in [3.8, 4) is 0 Å². The summed E-state index contributed by atoms with van der Waals surface area (Å²) in [7, 11) is -3.90. The Morgan fingerprint density at radius 3 is 2.05 bits per heavy atom. The second kappa shape index (κ2) is 10.4. The standard InChI is InChI=1S/C32H28ClNO2S/c1-23-13-16-29(17-14-23)37(35,36)34-22-28(26-11-7-4-8-12-26)20-27(25-9-5-3-6-10-25)21-32(34)30-18-15-24(2)19-31(30)33/h3-21,28H,22H2,1-2H3/t28-/m1/s1. The van der Waals surface area contributed by atoms with Crippen LogP contribution in [0, 0.1) is 13.8 Å². The van der Waals surface area contributed by atoms with Crippen molar-refractivity contribution < 1.29 is 8.42 Å². The maximum Gasteiger partial charge on any atom is 0.264 e. The molecule has 186 valence electrons. The molecular weight excluding hydrogens is 498 g/mol. The van der Waals surface area contributed by atoms with E-state index in [0.29, 0.717) is 16.3 Å². The maximum absolute atomic E-state index is 14.3. The molecule has 5 rings (SSSR count). The summed E-state index contributed by atoms with van der Waals surface area (Å²) in [5.41, 5.74) is 6.25. The predicted octanol–water partition coefficient (Wildman–Crippen LogP) is 7.87. The average molecular weight is 526 g/mol. The van der Waals surface area contributed by atoms with Gasteiger partial charge in [-0.2, -0.15) is 0 Å². The van der Waals surface area contributed by atoms with Gasteiger partial charge in [0.05, 0.1) is 15.6 Å². The largest absolute Gasteiger partial charge is 0.265 e. The highest BCUT2D eigenvalue weighted by atomic mass is 35.5. The molecule has 37 heavy (non-hydrogen) atoms. The molecule has 0 aromatic heterocycles. The summed E-state index contributed by atoms with van der Waals surface area (Å²) in [6, 6.07) is 32.8. The minimum Gasteiger partial charge on any atom is -0.265 e. The molecule has 3 nitrogen and oxygen atoms in total. The van der Waals surface area contributed by atoms with E-state index in [1.165, 1.54) is 4.31 Å². The van der Waals surface area contributed by atoms with Crippen LogP contribution in [0.1, 0.15) is 33.7 Å². The van der Waals surface area contributed by atoms with E-state index < -0.39 is 10.0 Å². The van der Waals surface area contributed by atoms with E-state index in [-0.39, 0.29) is 17.4 Å². The predicted molar refractivity (Wildman–Crippen MR) is 153 cm³/mol. The fourth-order valence-corrected chi connectivity index (χ4v) is 6.46. The molecule has 4 aromatic rings. The third-order valence-electron chi connectivity index (χ3n) is 6.65. The van der Waals surface area contributed by atoms with Crippen molar-refractivity contribution in [2.75, 3.05) is 6.54 Å². The van der Waals surface area contributed by atoms with Crippen LogP contribution in [0.5, 0.6) is 0 Å². The molecule has 0 spiro atoms. The number of rotatable bonds is 5. The van der Waals surface area contributed by atoms with Gasteiger partial charge in [-0.25, -0.2) is 8.42 Å². The van der Waals surface area contributed by atoms with Crippen molar-refractivity contribution in [3.63, 3.8) is 0 Å². The lowest BCUT2D eigenvalue weighted by atomic mass is 9.94. The zero-order valence-corrected chi connectivity index (χ0v) is 22.4. The van der Waals surface area contributed by atoms with Gasteiger partial charge in [-0.3, -0.25) is 4.31 Å². The van der Waals surface area contributed by atoms with Crippen molar-refractivity contribution in [3.05, 3.63) is 148 Å². The summed E-state index contributed by atoms with van der Waals surface area (Å²) in [5, 5.41) is 0.515. The first kappa shape index (κ1) is 25.1. The van der Waals surface area contributed by atoms with Gasteiger partial charge in [-0.1, -0.05) is 108 Å². The fraction of sp³-hybridized carbons (Fsp3) is 0.125. The zero-order chi connectivity index (χ0) is 26.0. The first-order valence-electron chi connectivity index (χ1n) is 12.2. The van der Waals surface area contributed by atoms with Crippen LogP contribution in [-0.4, -0.2) is 19.3 Å². The number of hydrogen-bond donors (Lipinski definition) is 0. The van der Waals surface area contributed by atoms with Gasteiger partial charge in [0.15, 0.2) is 0 Å².